The molecule has 7 heteroatoms. The Labute approximate surface area is 124 Å². The molecule has 0 saturated carbocycles. The van der Waals surface area contributed by atoms with E-state index in [0.717, 1.165) is 0 Å². The minimum atomic E-state index is -0.870. The molecule has 1 fully saturated rings. The number of piperidine rings is 1. The summed E-state index contributed by atoms with van der Waals surface area (Å²) in [5, 5.41) is 9.02. The van der Waals surface area contributed by atoms with Gasteiger partial charge >= 0.3 is 5.97 Å². The first-order chi connectivity index (χ1) is 9.86. The van der Waals surface area contributed by atoms with E-state index in [1.165, 1.54) is 16.9 Å². The zero-order valence-electron chi connectivity index (χ0n) is 12.9. The molecule has 1 N–H and O–H groups in total. The molecule has 0 aliphatic carbocycles. The number of carboxylic acids is 1. The van der Waals surface area contributed by atoms with Crippen LogP contribution in [0.2, 0.25) is 0 Å². The molecule has 2 atom stereocenters. The number of methoxy groups -OCH3 is 1. The van der Waals surface area contributed by atoms with Crippen LogP contribution < -0.4 is 0 Å². The summed E-state index contributed by atoms with van der Waals surface area (Å²) < 4.78 is 4.93. The monoisotopic (exact) mass is 300 g/mol. The highest BCUT2D eigenvalue weighted by molar-refractivity contribution is 5.86. The fourth-order valence-corrected chi connectivity index (χ4v) is 2.48. The normalized spacial score (nSPS) is 20.0. The Kier molecular flexibility index (Phi) is 6.61. The maximum absolute atomic E-state index is 12.2. The third-order valence-corrected chi connectivity index (χ3v) is 3.71. The number of ether oxygens (including phenoxy) is 1. The fraction of sp³-hybridized carbons (Fsp3) is 0.786. The van der Waals surface area contributed by atoms with Crippen LogP contribution >= 0.6 is 0 Å². The summed E-state index contributed by atoms with van der Waals surface area (Å²) in [6.07, 6.45) is 1.28. The number of rotatable bonds is 6. The molecule has 2 unspecified atom stereocenters. The number of likely N-dealkylation sites (N-methyl/N-ethyl adjacent to an activating group) is 1. The molecule has 0 aromatic rings. The Morgan fingerprint density at radius 1 is 1.43 bits per heavy atom. The van der Waals surface area contributed by atoms with E-state index in [4.69, 9.17) is 9.84 Å². The number of nitrogens with zero attached hydrogens (tertiary/aromatic N) is 2. The fourth-order valence-electron chi connectivity index (χ4n) is 2.48. The minimum absolute atomic E-state index is 0.0285. The van der Waals surface area contributed by atoms with E-state index >= 15 is 0 Å². The molecule has 0 aromatic heterocycles. The summed E-state index contributed by atoms with van der Waals surface area (Å²) in [5.41, 5.74) is 0. The van der Waals surface area contributed by atoms with Gasteiger partial charge in [-0.15, -0.1) is 0 Å². The van der Waals surface area contributed by atoms with Gasteiger partial charge in [-0.3, -0.25) is 14.4 Å². The average Bonchev–Trinajstić information content (AvgIpc) is 2.46. The SMILES string of the molecule is COCC(C)C(=O)N(C)CC(=O)N1CCCC(C(=O)O)C1. The van der Waals surface area contributed by atoms with Gasteiger partial charge in [-0.2, -0.15) is 0 Å². The van der Waals surface area contributed by atoms with Crippen molar-refractivity contribution in [3.05, 3.63) is 0 Å². The number of amides is 2. The van der Waals surface area contributed by atoms with Gasteiger partial charge in [-0.05, 0) is 12.8 Å². The van der Waals surface area contributed by atoms with Crippen LogP contribution in [0.5, 0.6) is 0 Å². The molecule has 2 amide bonds. The van der Waals surface area contributed by atoms with Crippen LogP contribution in [-0.2, 0) is 19.1 Å². The average molecular weight is 300 g/mol. The lowest BCUT2D eigenvalue weighted by atomic mass is 9.98. The van der Waals surface area contributed by atoms with Gasteiger partial charge in [0.2, 0.25) is 11.8 Å². The number of carbonyl (C=O) groups is 3. The second-order valence-corrected chi connectivity index (χ2v) is 5.57. The molecule has 120 valence electrons. The number of hydrogen-bond acceptors (Lipinski definition) is 4. The second kappa shape index (κ2) is 7.97. The molecule has 1 saturated heterocycles. The van der Waals surface area contributed by atoms with E-state index in [2.05, 4.69) is 0 Å². The number of carbonyl (C=O) groups excluding carboxylic acids is 2. The molecule has 1 aliphatic heterocycles. The van der Waals surface area contributed by atoms with E-state index in [1.807, 2.05) is 0 Å². The van der Waals surface area contributed by atoms with Gasteiger partial charge in [0.25, 0.3) is 0 Å². The van der Waals surface area contributed by atoms with Gasteiger partial charge in [-0.25, -0.2) is 0 Å². The highest BCUT2D eigenvalue weighted by Crippen LogP contribution is 2.17. The van der Waals surface area contributed by atoms with Crippen molar-refractivity contribution in [2.24, 2.45) is 11.8 Å². The van der Waals surface area contributed by atoms with Crippen LogP contribution in [0.3, 0.4) is 0 Å². The molecular formula is C14H24N2O5. The molecule has 0 aromatic carbocycles. The van der Waals surface area contributed by atoms with Gasteiger partial charge < -0.3 is 19.6 Å². The second-order valence-electron chi connectivity index (χ2n) is 5.57. The van der Waals surface area contributed by atoms with Crippen LogP contribution in [0.4, 0.5) is 0 Å². The van der Waals surface area contributed by atoms with E-state index in [-0.39, 0.29) is 30.8 Å². The van der Waals surface area contributed by atoms with E-state index < -0.39 is 11.9 Å². The summed E-state index contributed by atoms with van der Waals surface area (Å²) in [7, 11) is 3.10. The van der Waals surface area contributed by atoms with Crippen molar-refractivity contribution in [2.45, 2.75) is 19.8 Å². The predicted octanol–water partition coefficient (Wildman–Crippen LogP) is 0.0505. The van der Waals surface area contributed by atoms with E-state index in [9.17, 15) is 14.4 Å². The summed E-state index contributed by atoms with van der Waals surface area (Å²) in [6, 6.07) is 0. The summed E-state index contributed by atoms with van der Waals surface area (Å²) >= 11 is 0. The molecule has 1 aliphatic rings. The molecule has 1 heterocycles. The first-order valence-electron chi connectivity index (χ1n) is 7.11. The Morgan fingerprint density at radius 2 is 2.10 bits per heavy atom. The lowest BCUT2D eigenvalue weighted by molar-refractivity contribution is -0.148. The van der Waals surface area contributed by atoms with Crippen molar-refractivity contribution in [3.63, 3.8) is 0 Å². The highest BCUT2D eigenvalue weighted by atomic mass is 16.5. The standard InChI is InChI=1S/C14H24N2O5/c1-10(9-21-3)13(18)15(2)8-12(17)16-6-4-5-11(7-16)14(19)20/h10-11H,4-9H2,1-3H3,(H,19,20). The maximum atomic E-state index is 12.2. The number of hydrogen-bond donors (Lipinski definition) is 1. The van der Waals surface area contributed by atoms with Crippen LogP contribution in [0.1, 0.15) is 19.8 Å². The number of carboxylic acid groups (broad SMARTS) is 1. The lowest BCUT2D eigenvalue weighted by Gasteiger charge is -2.32. The van der Waals surface area contributed by atoms with Crippen LogP contribution in [0.25, 0.3) is 0 Å². The third-order valence-electron chi connectivity index (χ3n) is 3.71. The minimum Gasteiger partial charge on any atom is -0.481 e. The van der Waals surface area contributed by atoms with Gasteiger partial charge in [0, 0.05) is 27.2 Å². The summed E-state index contributed by atoms with van der Waals surface area (Å²) in [6.45, 7) is 2.80. The van der Waals surface area contributed by atoms with Crippen molar-refractivity contribution < 1.29 is 24.2 Å². The lowest BCUT2D eigenvalue weighted by Crippen LogP contribution is -2.47. The van der Waals surface area contributed by atoms with Crippen LogP contribution in [0, 0.1) is 11.8 Å². The Hall–Kier alpha value is -1.63. The topological polar surface area (TPSA) is 87.2 Å². The van der Waals surface area contributed by atoms with Crippen molar-refractivity contribution in [2.75, 3.05) is 40.4 Å². The summed E-state index contributed by atoms with van der Waals surface area (Å²) in [5.74, 6) is -2.04. The van der Waals surface area contributed by atoms with Crippen LogP contribution in [-0.4, -0.2) is 73.1 Å². The van der Waals surface area contributed by atoms with Crippen molar-refractivity contribution in [1.82, 2.24) is 9.80 Å². The number of likely N-dealkylation sites (tertiary alicyclic amines) is 1. The molecule has 21 heavy (non-hydrogen) atoms. The first-order valence-corrected chi connectivity index (χ1v) is 7.11. The van der Waals surface area contributed by atoms with Crippen molar-refractivity contribution in [1.29, 1.82) is 0 Å². The Morgan fingerprint density at radius 3 is 2.67 bits per heavy atom. The van der Waals surface area contributed by atoms with Crippen LogP contribution in [0.15, 0.2) is 0 Å². The quantitative estimate of drug-likeness (QED) is 0.749. The van der Waals surface area contributed by atoms with E-state index in [0.29, 0.717) is 26.0 Å². The van der Waals surface area contributed by atoms with Gasteiger partial charge in [0.15, 0.2) is 0 Å². The Balaban J connectivity index is 2.52. The molecule has 1 rings (SSSR count). The summed E-state index contributed by atoms with van der Waals surface area (Å²) in [4.78, 5) is 38.1. The van der Waals surface area contributed by atoms with E-state index in [1.54, 1.807) is 14.0 Å². The van der Waals surface area contributed by atoms with Gasteiger partial charge in [0.05, 0.1) is 25.0 Å². The predicted molar refractivity (Wildman–Crippen MR) is 75.6 cm³/mol. The first kappa shape index (κ1) is 17.4. The molecule has 0 bridgehead atoms. The zero-order valence-corrected chi connectivity index (χ0v) is 12.9. The smallest absolute Gasteiger partial charge is 0.308 e. The third kappa shape index (κ3) is 5.00. The maximum Gasteiger partial charge on any atom is 0.308 e. The molecule has 7 nitrogen and oxygen atoms in total. The molecule has 0 spiro atoms. The van der Waals surface area contributed by atoms with Crippen molar-refractivity contribution in [3.8, 4) is 0 Å². The Bertz CT molecular complexity index is 399. The molecule has 0 radical (unpaired) electrons. The van der Waals surface area contributed by atoms with Gasteiger partial charge in [-0.1, -0.05) is 6.92 Å². The highest BCUT2D eigenvalue weighted by Gasteiger charge is 2.29. The zero-order chi connectivity index (χ0) is 16.0. The largest absolute Gasteiger partial charge is 0.481 e. The van der Waals surface area contributed by atoms with Gasteiger partial charge in [0.1, 0.15) is 0 Å². The molecular weight excluding hydrogens is 276 g/mol. The number of aliphatic carboxylic acids is 1. The van der Waals surface area contributed by atoms with Crippen molar-refractivity contribution >= 4 is 17.8 Å².